The maximum atomic E-state index is 5.82. The largest absolute Gasteiger partial charge is 0.373 e. The molecule has 3 heterocycles. The highest BCUT2D eigenvalue weighted by Gasteiger charge is 2.36. The number of hydrogen-bond acceptors (Lipinski definition) is 6. The lowest BCUT2D eigenvalue weighted by atomic mass is 10.1. The van der Waals surface area contributed by atoms with Gasteiger partial charge < -0.3 is 20.7 Å². The molecule has 3 N–H and O–H groups in total. The molecule has 0 aromatic carbocycles. The van der Waals surface area contributed by atoms with Crippen molar-refractivity contribution in [2.75, 3.05) is 36.9 Å². The topological polar surface area (TPSA) is 76.3 Å². The van der Waals surface area contributed by atoms with Gasteiger partial charge in [-0.25, -0.2) is 4.98 Å². The van der Waals surface area contributed by atoms with E-state index < -0.39 is 0 Å². The molecule has 0 radical (unpaired) electrons. The van der Waals surface area contributed by atoms with Crippen LogP contribution < -0.4 is 16.0 Å². The molecule has 1 aromatic heterocycles. The number of nitrogen functional groups attached to an aromatic ring is 1. The van der Waals surface area contributed by atoms with Gasteiger partial charge >= 0.3 is 0 Å². The minimum atomic E-state index is 0.257. The van der Waals surface area contributed by atoms with Gasteiger partial charge in [0.05, 0.1) is 24.4 Å². The molecular weight excluding hydrogens is 242 g/mol. The lowest BCUT2D eigenvalue weighted by Gasteiger charge is -2.25. The fourth-order valence-corrected chi connectivity index (χ4v) is 2.71. The van der Waals surface area contributed by atoms with E-state index in [1.807, 2.05) is 6.07 Å². The second-order valence-electron chi connectivity index (χ2n) is 5.54. The van der Waals surface area contributed by atoms with E-state index in [9.17, 15) is 0 Å². The molecule has 0 amide bonds. The van der Waals surface area contributed by atoms with Crippen molar-refractivity contribution in [1.82, 2.24) is 15.3 Å². The minimum Gasteiger partial charge on any atom is -0.373 e. The highest BCUT2D eigenvalue weighted by molar-refractivity contribution is 5.46. The van der Waals surface area contributed by atoms with Gasteiger partial charge in [0, 0.05) is 25.7 Å². The van der Waals surface area contributed by atoms with Gasteiger partial charge in [-0.1, -0.05) is 13.8 Å². The van der Waals surface area contributed by atoms with Gasteiger partial charge in [0.1, 0.15) is 5.82 Å². The average molecular weight is 263 g/mol. The van der Waals surface area contributed by atoms with Crippen LogP contribution in [0.25, 0.3) is 0 Å². The summed E-state index contributed by atoms with van der Waals surface area (Å²) in [6.45, 7) is 7.72. The standard InChI is InChI=1S/C13H21N5O/c1-8(2)9-5-12(17-13(14)16-9)18-6-10-11(7-18)19-4-3-15-10/h5,8,10-11,15H,3-4,6-7H2,1-2H3,(H2,14,16,17)/t10-,11+/m1/s1. The SMILES string of the molecule is CC(C)c1cc(N2C[C@@H]3OCCN[C@@H]3C2)nc(N)n1. The van der Waals surface area contributed by atoms with Gasteiger partial charge in [-0.15, -0.1) is 0 Å². The Kier molecular flexibility index (Phi) is 3.28. The van der Waals surface area contributed by atoms with Crippen LogP contribution in [0, 0.1) is 0 Å². The van der Waals surface area contributed by atoms with E-state index in [0.717, 1.165) is 37.8 Å². The van der Waals surface area contributed by atoms with Gasteiger partial charge in [-0.05, 0) is 5.92 Å². The number of hydrogen-bond donors (Lipinski definition) is 2. The summed E-state index contributed by atoms with van der Waals surface area (Å²) in [6, 6.07) is 2.44. The molecule has 2 aliphatic heterocycles. The van der Waals surface area contributed by atoms with Crippen LogP contribution >= 0.6 is 0 Å². The van der Waals surface area contributed by atoms with Crippen molar-refractivity contribution in [3.05, 3.63) is 11.8 Å². The zero-order valence-electron chi connectivity index (χ0n) is 11.5. The van der Waals surface area contributed by atoms with Crippen LogP contribution in [0.1, 0.15) is 25.5 Å². The van der Waals surface area contributed by atoms with E-state index in [4.69, 9.17) is 10.5 Å². The third-order valence-corrected chi connectivity index (χ3v) is 3.77. The molecule has 0 spiro atoms. The molecule has 19 heavy (non-hydrogen) atoms. The molecule has 1 aromatic rings. The molecule has 6 heteroatoms. The summed E-state index contributed by atoms with van der Waals surface area (Å²) in [6.07, 6.45) is 0.257. The quantitative estimate of drug-likeness (QED) is 0.802. The van der Waals surface area contributed by atoms with Gasteiger partial charge in [-0.3, -0.25) is 0 Å². The van der Waals surface area contributed by atoms with Crippen LogP contribution in [0.2, 0.25) is 0 Å². The van der Waals surface area contributed by atoms with Crippen LogP contribution in [0.4, 0.5) is 11.8 Å². The number of nitrogens with zero attached hydrogens (tertiary/aromatic N) is 3. The molecule has 0 bridgehead atoms. The van der Waals surface area contributed by atoms with Crippen molar-refractivity contribution in [2.45, 2.75) is 31.9 Å². The molecule has 104 valence electrons. The summed E-state index contributed by atoms with van der Waals surface area (Å²) < 4.78 is 5.78. The van der Waals surface area contributed by atoms with Gasteiger partial charge in [-0.2, -0.15) is 4.98 Å². The number of anilines is 2. The number of fused-ring (bicyclic) bond motifs is 1. The first-order chi connectivity index (χ1) is 9.13. The Morgan fingerprint density at radius 3 is 3.00 bits per heavy atom. The van der Waals surface area contributed by atoms with E-state index in [1.165, 1.54) is 0 Å². The van der Waals surface area contributed by atoms with Crippen LogP contribution in [0.5, 0.6) is 0 Å². The zero-order valence-corrected chi connectivity index (χ0v) is 11.5. The number of aromatic nitrogens is 2. The third-order valence-electron chi connectivity index (χ3n) is 3.77. The molecule has 6 nitrogen and oxygen atoms in total. The first-order valence-electron chi connectivity index (χ1n) is 6.88. The molecule has 0 unspecified atom stereocenters. The molecule has 2 aliphatic rings. The number of nitrogens with one attached hydrogen (secondary N) is 1. The zero-order chi connectivity index (χ0) is 13.4. The number of ether oxygens (including phenoxy) is 1. The summed E-state index contributed by atoms with van der Waals surface area (Å²) in [5, 5.41) is 3.49. The first kappa shape index (κ1) is 12.6. The van der Waals surface area contributed by atoms with E-state index in [0.29, 0.717) is 17.9 Å². The Balaban J connectivity index is 1.82. The summed E-state index contributed by atoms with van der Waals surface area (Å²) in [7, 11) is 0. The highest BCUT2D eigenvalue weighted by atomic mass is 16.5. The normalized spacial score (nSPS) is 26.8. The Morgan fingerprint density at radius 1 is 1.42 bits per heavy atom. The van der Waals surface area contributed by atoms with Gasteiger partial charge in [0.25, 0.3) is 0 Å². The van der Waals surface area contributed by atoms with E-state index in [-0.39, 0.29) is 6.10 Å². The van der Waals surface area contributed by atoms with Crippen molar-refractivity contribution in [3.63, 3.8) is 0 Å². The smallest absolute Gasteiger partial charge is 0.222 e. The first-order valence-corrected chi connectivity index (χ1v) is 6.88. The predicted molar refractivity (Wildman–Crippen MR) is 74.3 cm³/mol. The maximum absolute atomic E-state index is 5.82. The molecule has 2 fully saturated rings. The summed E-state index contributed by atoms with van der Waals surface area (Å²) >= 11 is 0. The number of morpholine rings is 1. The van der Waals surface area contributed by atoms with Crippen molar-refractivity contribution in [2.24, 2.45) is 0 Å². The summed E-state index contributed by atoms with van der Waals surface area (Å²) in [5.74, 6) is 1.62. The van der Waals surface area contributed by atoms with E-state index in [1.54, 1.807) is 0 Å². The Bertz CT molecular complexity index is 450. The molecule has 2 saturated heterocycles. The summed E-state index contributed by atoms with van der Waals surface area (Å²) in [4.78, 5) is 10.9. The van der Waals surface area contributed by atoms with Gasteiger partial charge in [0.2, 0.25) is 5.95 Å². The Labute approximate surface area is 113 Å². The lowest BCUT2D eigenvalue weighted by molar-refractivity contribution is 0.0212. The van der Waals surface area contributed by atoms with E-state index >= 15 is 0 Å². The maximum Gasteiger partial charge on any atom is 0.222 e. The van der Waals surface area contributed by atoms with Crippen molar-refractivity contribution in [1.29, 1.82) is 0 Å². The summed E-state index contributed by atoms with van der Waals surface area (Å²) in [5.41, 5.74) is 6.81. The lowest BCUT2D eigenvalue weighted by Crippen LogP contribution is -2.47. The molecule has 3 rings (SSSR count). The van der Waals surface area contributed by atoms with Crippen LogP contribution in [-0.2, 0) is 4.74 Å². The molecule has 0 aliphatic carbocycles. The second kappa shape index (κ2) is 4.94. The van der Waals surface area contributed by atoms with Crippen LogP contribution in [-0.4, -0.2) is 48.4 Å². The van der Waals surface area contributed by atoms with Crippen LogP contribution in [0.3, 0.4) is 0 Å². The fourth-order valence-electron chi connectivity index (χ4n) is 2.71. The predicted octanol–water partition coefficient (Wildman–Crippen LogP) is 0.359. The third kappa shape index (κ3) is 2.50. The second-order valence-corrected chi connectivity index (χ2v) is 5.54. The average Bonchev–Trinajstić information content (AvgIpc) is 2.81. The molecule has 2 atom stereocenters. The van der Waals surface area contributed by atoms with Gasteiger partial charge in [0.15, 0.2) is 0 Å². The number of nitrogens with two attached hydrogens (primary N) is 1. The van der Waals surface area contributed by atoms with E-state index in [2.05, 4.69) is 34.0 Å². The van der Waals surface area contributed by atoms with Crippen molar-refractivity contribution >= 4 is 11.8 Å². The Hall–Kier alpha value is -1.40. The fraction of sp³-hybridized carbons (Fsp3) is 0.692. The highest BCUT2D eigenvalue weighted by Crippen LogP contribution is 2.25. The van der Waals surface area contributed by atoms with Crippen molar-refractivity contribution in [3.8, 4) is 0 Å². The molecular formula is C13H21N5O. The van der Waals surface area contributed by atoms with Crippen LogP contribution in [0.15, 0.2) is 6.07 Å². The Morgan fingerprint density at radius 2 is 2.26 bits per heavy atom. The monoisotopic (exact) mass is 263 g/mol. The molecule has 0 saturated carbocycles. The minimum absolute atomic E-state index is 0.257. The van der Waals surface area contributed by atoms with Crippen molar-refractivity contribution < 1.29 is 4.74 Å². The number of rotatable bonds is 2.